The number of ether oxygens (including phenoxy) is 1. The first-order chi connectivity index (χ1) is 7.69. The zero-order valence-corrected chi connectivity index (χ0v) is 9.28. The van der Waals surface area contributed by atoms with Gasteiger partial charge in [0.25, 0.3) is 0 Å². The molecule has 0 aliphatic carbocycles. The molecule has 4 heteroatoms. The molecule has 0 fully saturated rings. The summed E-state index contributed by atoms with van der Waals surface area (Å²) in [5.74, 6) is 0.256. The zero-order chi connectivity index (χ0) is 12.0. The normalized spacial score (nSPS) is 16.5. The number of aliphatic hydroxyl groups is 3. The van der Waals surface area contributed by atoms with Gasteiger partial charge in [0.2, 0.25) is 0 Å². The highest BCUT2D eigenvalue weighted by Crippen LogP contribution is 2.15. The van der Waals surface area contributed by atoms with Crippen molar-refractivity contribution in [2.45, 2.75) is 19.1 Å². The van der Waals surface area contributed by atoms with Gasteiger partial charge in [0.1, 0.15) is 11.9 Å². The lowest BCUT2D eigenvalue weighted by molar-refractivity contribution is -0.0367. The third-order valence-electron chi connectivity index (χ3n) is 2.46. The second-order valence-electron chi connectivity index (χ2n) is 3.80. The fourth-order valence-electron chi connectivity index (χ4n) is 1.36. The standard InChI is InChI=1S/C12H18O4/c1-9(7-13)12(15)11(8-14)16-10-5-3-2-4-6-10/h2-6,9,11-15H,7-8H2,1H3. The van der Waals surface area contributed by atoms with Crippen LogP contribution in [0.25, 0.3) is 0 Å². The maximum absolute atomic E-state index is 9.79. The molecule has 3 unspecified atom stereocenters. The van der Waals surface area contributed by atoms with E-state index in [1.165, 1.54) is 0 Å². The van der Waals surface area contributed by atoms with Crippen molar-refractivity contribution < 1.29 is 20.1 Å². The molecule has 3 N–H and O–H groups in total. The molecule has 1 aromatic carbocycles. The number of benzene rings is 1. The van der Waals surface area contributed by atoms with E-state index in [2.05, 4.69) is 0 Å². The Hall–Kier alpha value is -1.10. The molecule has 0 saturated carbocycles. The fourth-order valence-corrected chi connectivity index (χ4v) is 1.36. The van der Waals surface area contributed by atoms with Crippen LogP contribution in [0.3, 0.4) is 0 Å². The monoisotopic (exact) mass is 226 g/mol. The van der Waals surface area contributed by atoms with Gasteiger partial charge in [0.05, 0.1) is 12.7 Å². The third-order valence-corrected chi connectivity index (χ3v) is 2.46. The molecule has 0 aromatic heterocycles. The van der Waals surface area contributed by atoms with E-state index in [9.17, 15) is 5.11 Å². The molecule has 0 aliphatic heterocycles. The Morgan fingerprint density at radius 1 is 1.12 bits per heavy atom. The van der Waals surface area contributed by atoms with Crippen LogP contribution in [-0.2, 0) is 0 Å². The van der Waals surface area contributed by atoms with Gasteiger partial charge in [-0.1, -0.05) is 25.1 Å². The Balaban J connectivity index is 2.62. The topological polar surface area (TPSA) is 69.9 Å². The molecule has 0 bridgehead atoms. The van der Waals surface area contributed by atoms with Crippen LogP contribution in [0.1, 0.15) is 6.92 Å². The summed E-state index contributed by atoms with van der Waals surface area (Å²) in [6, 6.07) is 8.98. The van der Waals surface area contributed by atoms with Crippen molar-refractivity contribution in [1.29, 1.82) is 0 Å². The number of hydrogen-bond acceptors (Lipinski definition) is 4. The van der Waals surface area contributed by atoms with Gasteiger partial charge in [-0.25, -0.2) is 0 Å². The van der Waals surface area contributed by atoms with Gasteiger partial charge in [-0.2, -0.15) is 0 Å². The summed E-state index contributed by atoms with van der Waals surface area (Å²) in [5, 5.41) is 27.8. The summed E-state index contributed by atoms with van der Waals surface area (Å²) in [4.78, 5) is 0. The molecule has 0 spiro atoms. The van der Waals surface area contributed by atoms with Crippen LogP contribution in [0.2, 0.25) is 0 Å². The Bertz CT molecular complexity index is 288. The molecule has 0 radical (unpaired) electrons. The zero-order valence-electron chi connectivity index (χ0n) is 9.28. The summed E-state index contributed by atoms with van der Waals surface area (Å²) < 4.78 is 5.44. The highest BCUT2D eigenvalue weighted by molar-refractivity contribution is 5.21. The van der Waals surface area contributed by atoms with Crippen LogP contribution in [0.4, 0.5) is 0 Å². The van der Waals surface area contributed by atoms with Gasteiger partial charge in [-0.3, -0.25) is 0 Å². The van der Waals surface area contributed by atoms with Crippen molar-refractivity contribution >= 4 is 0 Å². The molecule has 0 saturated heterocycles. The molecule has 0 amide bonds. The largest absolute Gasteiger partial charge is 0.485 e. The Kier molecular flexibility index (Phi) is 5.25. The summed E-state index contributed by atoms with van der Waals surface area (Å²) in [5.41, 5.74) is 0. The first kappa shape index (κ1) is 13.0. The maximum Gasteiger partial charge on any atom is 0.148 e. The van der Waals surface area contributed by atoms with Crippen LogP contribution in [0.15, 0.2) is 30.3 Å². The molecule has 0 heterocycles. The van der Waals surface area contributed by atoms with Gasteiger partial charge < -0.3 is 20.1 Å². The number of hydrogen-bond donors (Lipinski definition) is 3. The first-order valence-electron chi connectivity index (χ1n) is 5.30. The first-order valence-corrected chi connectivity index (χ1v) is 5.30. The summed E-state index contributed by atoms with van der Waals surface area (Å²) in [7, 11) is 0. The highest BCUT2D eigenvalue weighted by atomic mass is 16.5. The number of para-hydroxylation sites is 1. The molecule has 1 rings (SSSR count). The Morgan fingerprint density at radius 3 is 2.25 bits per heavy atom. The van der Waals surface area contributed by atoms with Crippen molar-refractivity contribution in [3.05, 3.63) is 30.3 Å². The van der Waals surface area contributed by atoms with Crippen LogP contribution in [0.5, 0.6) is 5.75 Å². The van der Waals surface area contributed by atoms with E-state index in [1.807, 2.05) is 18.2 Å². The Labute approximate surface area is 95.1 Å². The smallest absolute Gasteiger partial charge is 0.148 e. The van der Waals surface area contributed by atoms with Gasteiger partial charge in [0.15, 0.2) is 0 Å². The average Bonchev–Trinajstić information content (AvgIpc) is 2.35. The van der Waals surface area contributed by atoms with Crippen molar-refractivity contribution in [3.63, 3.8) is 0 Å². The minimum absolute atomic E-state index is 0.143. The minimum Gasteiger partial charge on any atom is -0.485 e. The van der Waals surface area contributed by atoms with Crippen molar-refractivity contribution in [3.8, 4) is 5.75 Å². The predicted octanol–water partition coefficient (Wildman–Crippen LogP) is 0.416. The highest BCUT2D eigenvalue weighted by Gasteiger charge is 2.25. The predicted molar refractivity (Wildman–Crippen MR) is 60.2 cm³/mol. The maximum atomic E-state index is 9.79. The van der Waals surface area contributed by atoms with Gasteiger partial charge in [-0.05, 0) is 12.1 Å². The van der Waals surface area contributed by atoms with Crippen LogP contribution >= 0.6 is 0 Å². The van der Waals surface area contributed by atoms with Crippen molar-refractivity contribution in [2.75, 3.05) is 13.2 Å². The molecule has 4 nitrogen and oxygen atoms in total. The second kappa shape index (κ2) is 6.48. The van der Waals surface area contributed by atoms with Gasteiger partial charge >= 0.3 is 0 Å². The van der Waals surface area contributed by atoms with Crippen LogP contribution in [-0.4, -0.2) is 40.7 Å². The second-order valence-corrected chi connectivity index (χ2v) is 3.80. The van der Waals surface area contributed by atoms with E-state index in [4.69, 9.17) is 14.9 Å². The molecular formula is C12H18O4. The summed E-state index contributed by atoms with van der Waals surface area (Å²) in [6.45, 7) is 1.26. The lowest BCUT2D eigenvalue weighted by atomic mass is 10.0. The van der Waals surface area contributed by atoms with E-state index < -0.39 is 12.2 Å². The molecule has 1 aromatic rings. The lowest BCUT2D eigenvalue weighted by Gasteiger charge is -2.25. The van der Waals surface area contributed by atoms with Crippen molar-refractivity contribution in [2.24, 2.45) is 5.92 Å². The van der Waals surface area contributed by atoms with E-state index in [1.54, 1.807) is 19.1 Å². The van der Waals surface area contributed by atoms with Crippen LogP contribution in [0, 0.1) is 5.92 Å². The molecule has 16 heavy (non-hydrogen) atoms. The molecular weight excluding hydrogens is 208 g/mol. The summed E-state index contributed by atoms with van der Waals surface area (Å²) in [6.07, 6.45) is -1.61. The number of rotatable bonds is 6. The summed E-state index contributed by atoms with van der Waals surface area (Å²) >= 11 is 0. The molecule has 3 atom stereocenters. The van der Waals surface area contributed by atoms with Crippen LogP contribution < -0.4 is 4.74 Å². The lowest BCUT2D eigenvalue weighted by Crippen LogP contribution is -2.40. The molecule has 90 valence electrons. The SMILES string of the molecule is CC(CO)C(O)C(CO)Oc1ccccc1. The van der Waals surface area contributed by atoms with E-state index in [0.29, 0.717) is 5.75 Å². The van der Waals surface area contributed by atoms with Gasteiger partial charge in [-0.15, -0.1) is 0 Å². The Morgan fingerprint density at radius 2 is 1.75 bits per heavy atom. The van der Waals surface area contributed by atoms with E-state index in [-0.39, 0.29) is 19.1 Å². The molecule has 0 aliphatic rings. The third kappa shape index (κ3) is 3.48. The quantitative estimate of drug-likeness (QED) is 0.657. The van der Waals surface area contributed by atoms with Crippen molar-refractivity contribution in [1.82, 2.24) is 0 Å². The minimum atomic E-state index is -0.893. The fraction of sp³-hybridized carbons (Fsp3) is 0.500. The average molecular weight is 226 g/mol. The number of aliphatic hydroxyl groups excluding tert-OH is 3. The van der Waals surface area contributed by atoms with E-state index >= 15 is 0 Å². The van der Waals surface area contributed by atoms with Gasteiger partial charge in [0, 0.05) is 12.5 Å². The van der Waals surface area contributed by atoms with E-state index in [0.717, 1.165) is 0 Å².